The van der Waals surface area contributed by atoms with Crippen LogP contribution in [0.5, 0.6) is 5.75 Å². The molecule has 1 fully saturated rings. The van der Waals surface area contributed by atoms with E-state index in [2.05, 4.69) is 66.6 Å². The lowest BCUT2D eigenvalue weighted by molar-refractivity contribution is 0.0747. The van der Waals surface area contributed by atoms with Crippen LogP contribution >= 0.6 is 18.8 Å². The van der Waals surface area contributed by atoms with Crippen molar-refractivity contribution in [2.45, 2.75) is 26.2 Å². The Hall–Kier alpha value is -2.50. The Labute approximate surface area is 218 Å². The number of aryl methyl sites for hydroxylation is 1. The molecule has 2 aliphatic heterocycles. The normalized spacial score (nSPS) is 20.3. The molecule has 2 aromatic carbocycles. The van der Waals surface area contributed by atoms with Crippen LogP contribution in [0, 0.1) is 6.92 Å². The Kier molecular flexibility index (Phi) is 6.82. The summed E-state index contributed by atoms with van der Waals surface area (Å²) in [6, 6.07) is 18.3. The van der Waals surface area contributed by atoms with Crippen molar-refractivity contribution in [3.05, 3.63) is 82.5 Å². The number of anilines is 1. The largest absolute Gasteiger partial charge is 0.494 e. The summed E-state index contributed by atoms with van der Waals surface area (Å²) in [5.41, 5.74) is 5.07. The zero-order valence-electron chi connectivity index (χ0n) is 21.5. The van der Waals surface area contributed by atoms with Crippen molar-refractivity contribution in [3.8, 4) is 5.75 Å². The van der Waals surface area contributed by atoms with Crippen LogP contribution in [-0.2, 0) is 10.2 Å². The Bertz CT molecular complexity index is 1360. The van der Waals surface area contributed by atoms with Crippen molar-refractivity contribution in [2.24, 2.45) is 4.74 Å². The minimum Gasteiger partial charge on any atom is -0.494 e. The van der Waals surface area contributed by atoms with E-state index in [0.29, 0.717) is 29.7 Å². The molecule has 1 aromatic heterocycles. The second kappa shape index (κ2) is 9.75. The Morgan fingerprint density at radius 3 is 2.50 bits per heavy atom. The molecular weight excluding hydrogens is 493 g/mol. The van der Waals surface area contributed by atoms with Crippen molar-refractivity contribution in [1.82, 2.24) is 4.67 Å². The minimum atomic E-state index is -2.61. The molecule has 1 saturated heterocycles. The fourth-order valence-electron chi connectivity index (χ4n) is 5.19. The second-order valence-corrected chi connectivity index (χ2v) is 12.9. The molecule has 0 spiro atoms. The van der Waals surface area contributed by atoms with Gasteiger partial charge in [-0.1, -0.05) is 43.6 Å². The van der Waals surface area contributed by atoms with Crippen LogP contribution in [0.4, 0.5) is 11.4 Å². The number of nitrogens with zero attached hydrogens (tertiary/aromatic N) is 3. The highest BCUT2D eigenvalue weighted by Crippen LogP contribution is 2.61. The van der Waals surface area contributed by atoms with E-state index in [9.17, 15) is 0 Å². The smallest absolute Gasteiger partial charge is 0.160 e. The van der Waals surface area contributed by atoms with E-state index < -0.39 is 7.21 Å². The maximum atomic E-state index is 6.45. The van der Waals surface area contributed by atoms with Gasteiger partial charge in [0.1, 0.15) is 24.4 Å². The SMILES string of the molecule is COc1ccc(Cl)cc1N=[P@](/C=C1/N(C)c2ccccc2C1(C)C)(c1ccc(C)o1)N1CCOCC1. The Morgan fingerprint density at radius 2 is 1.83 bits per heavy atom. The molecule has 8 heteroatoms. The van der Waals surface area contributed by atoms with E-state index >= 15 is 0 Å². The summed E-state index contributed by atoms with van der Waals surface area (Å²) in [5.74, 6) is 3.91. The number of likely N-dealkylation sites (N-methyl/N-ethyl adjacent to an activating group) is 1. The molecule has 1 atom stereocenters. The number of ether oxygens (including phenoxy) is 2. The van der Waals surface area contributed by atoms with Gasteiger partial charge in [-0.15, -0.1) is 0 Å². The highest BCUT2D eigenvalue weighted by molar-refractivity contribution is 7.74. The van der Waals surface area contributed by atoms with Crippen molar-refractivity contribution in [2.75, 3.05) is 45.4 Å². The van der Waals surface area contributed by atoms with Crippen LogP contribution in [0.25, 0.3) is 0 Å². The van der Waals surface area contributed by atoms with Gasteiger partial charge in [-0.2, -0.15) is 0 Å². The van der Waals surface area contributed by atoms with Gasteiger partial charge >= 0.3 is 0 Å². The Balaban J connectivity index is 1.84. The molecule has 0 amide bonds. The zero-order chi connectivity index (χ0) is 25.5. The van der Waals surface area contributed by atoms with Gasteiger partial charge in [0.15, 0.2) is 5.50 Å². The summed E-state index contributed by atoms with van der Waals surface area (Å²) in [6.45, 7) is 9.33. The molecule has 0 unspecified atom stereocenters. The molecule has 0 aliphatic carbocycles. The number of halogens is 1. The molecule has 0 bridgehead atoms. The molecule has 0 N–H and O–H groups in total. The third kappa shape index (κ3) is 4.31. The van der Waals surface area contributed by atoms with Crippen LogP contribution in [-0.4, -0.2) is 45.1 Å². The lowest BCUT2D eigenvalue weighted by Gasteiger charge is -2.37. The summed E-state index contributed by atoms with van der Waals surface area (Å²) < 4.78 is 25.9. The summed E-state index contributed by atoms with van der Waals surface area (Å²) in [6.07, 6.45) is 0. The topological polar surface area (TPSA) is 50.4 Å². The van der Waals surface area contributed by atoms with Crippen molar-refractivity contribution in [3.63, 3.8) is 0 Å². The van der Waals surface area contributed by atoms with Gasteiger partial charge in [-0.25, -0.2) is 4.74 Å². The van der Waals surface area contributed by atoms with E-state index in [1.54, 1.807) is 7.11 Å². The summed E-state index contributed by atoms with van der Waals surface area (Å²) in [5, 5.41) is 0.614. The predicted molar refractivity (Wildman–Crippen MR) is 148 cm³/mol. The molecule has 0 radical (unpaired) electrons. The van der Waals surface area contributed by atoms with Gasteiger partial charge in [0.25, 0.3) is 0 Å². The Morgan fingerprint density at radius 1 is 1.08 bits per heavy atom. The van der Waals surface area contributed by atoms with Crippen LogP contribution < -0.4 is 15.1 Å². The lowest BCUT2D eigenvalue weighted by Crippen LogP contribution is -2.36. The van der Waals surface area contributed by atoms with Gasteiger partial charge in [0, 0.05) is 42.0 Å². The van der Waals surface area contributed by atoms with Gasteiger partial charge in [-0.3, -0.25) is 4.67 Å². The third-order valence-electron chi connectivity index (χ3n) is 7.11. The molecule has 2 aliphatic rings. The average Bonchev–Trinajstić information content (AvgIpc) is 3.40. The monoisotopic (exact) mass is 525 g/mol. The zero-order valence-corrected chi connectivity index (χ0v) is 23.1. The summed E-state index contributed by atoms with van der Waals surface area (Å²) >= 11 is 6.45. The maximum Gasteiger partial charge on any atom is 0.160 e. The number of furan rings is 1. The predicted octanol–water partition coefficient (Wildman–Crippen LogP) is 6.92. The molecule has 3 aromatic rings. The van der Waals surface area contributed by atoms with Crippen molar-refractivity contribution < 1.29 is 13.9 Å². The minimum absolute atomic E-state index is 0.210. The molecule has 0 saturated carbocycles. The summed E-state index contributed by atoms with van der Waals surface area (Å²) in [7, 11) is 1.19. The standard InChI is InChI=1S/C28H33ClN3O3P/c1-20-10-13-27(35-20)36(32-14-16-34-17-15-32,30-23-18-21(29)11-12-25(23)33-5)19-26-28(2,3)22-8-6-7-9-24(22)31(26)4/h6-13,18-19H,14-17H2,1-5H3/b26-19+/t36-/m0/s1. The fourth-order valence-corrected chi connectivity index (χ4v) is 8.87. The highest BCUT2D eigenvalue weighted by atomic mass is 35.5. The number of allylic oxidation sites excluding steroid dienone is 1. The molecular formula is C28H33ClN3O3P. The quantitative estimate of drug-likeness (QED) is 0.338. The van der Waals surface area contributed by atoms with Crippen molar-refractivity contribution >= 4 is 35.7 Å². The maximum absolute atomic E-state index is 6.45. The van der Waals surface area contributed by atoms with Crippen molar-refractivity contribution in [1.29, 1.82) is 0 Å². The molecule has 3 heterocycles. The highest BCUT2D eigenvalue weighted by Gasteiger charge is 2.42. The molecule has 5 rings (SSSR count). The average molecular weight is 526 g/mol. The van der Waals surface area contributed by atoms with E-state index in [4.69, 9.17) is 30.2 Å². The first-order valence-corrected chi connectivity index (χ1v) is 14.3. The number of fused-ring (bicyclic) bond motifs is 1. The van der Waals surface area contributed by atoms with E-state index in [1.165, 1.54) is 16.9 Å². The number of methoxy groups -OCH3 is 1. The molecule has 190 valence electrons. The first-order chi connectivity index (χ1) is 17.3. The van der Waals surface area contributed by atoms with Crippen LogP contribution in [0.15, 0.2) is 75.3 Å². The third-order valence-corrected chi connectivity index (χ3v) is 10.6. The number of hydrogen-bond acceptors (Lipinski definition) is 5. The lowest BCUT2D eigenvalue weighted by atomic mass is 9.84. The fraction of sp³-hybridized carbons (Fsp3) is 0.357. The van der Waals surface area contributed by atoms with E-state index in [-0.39, 0.29) is 5.41 Å². The van der Waals surface area contributed by atoms with E-state index in [1.807, 2.05) is 31.2 Å². The van der Waals surface area contributed by atoms with Gasteiger partial charge in [-0.05, 0) is 54.7 Å². The van der Waals surface area contributed by atoms with E-state index in [0.717, 1.165) is 24.4 Å². The molecule has 36 heavy (non-hydrogen) atoms. The first kappa shape index (κ1) is 25.2. The number of rotatable bonds is 5. The van der Waals surface area contributed by atoms with Crippen LogP contribution in [0.1, 0.15) is 25.2 Å². The number of hydrogen-bond donors (Lipinski definition) is 0. The van der Waals surface area contributed by atoms with Gasteiger partial charge in [0.2, 0.25) is 0 Å². The molecule has 6 nitrogen and oxygen atoms in total. The van der Waals surface area contributed by atoms with Gasteiger partial charge < -0.3 is 18.8 Å². The van der Waals surface area contributed by atoms with Crippen LogP contribution in [0.2, 0.25) is 5.02 Å². The van der Waals surface area contributed by atoms with Crippen LogP contribution in [0.3, 0.4) is 0 Å². The number of morpholine rings is 1. The van der Waals surface area contributed by atoms with Gasteiger partial charge in [0.05, 0.1) is 20.3 Å². The number of para-hydroxylation sites is 1. The first-order valence-electron chi connectivity index (χ1n) is 12.2. The second-order valence-electron chi connectivity index (χ2n) is 9.73. The summed E-state index contributed by atoms with van der Waals surface area (Å²) in [4.78, 5) is 2.30. The number of benzene rings is 2.